The van der Waals surface area contributed by atoms with Crippen LogP contribution in [0.25, 0.3) is 0 Å². The van der Waals surface area contributed by atoms with Crippen LogP contribution in [0.5, 0.6) is 0 Å². The highest BCUT2D eigenvalue weighted by atomic mass is 16.2. The summed E-state index contributed by atoms with van der Waals surface area (Å²) < 4.78 is 3.67. The summed E-state index contributed by atoms with van der Waals surface area (Å²) in [6.45, 7) is 4.68. The van der Waals surface area contributed by atoms with Crippen LogP contribution in [0.1, 0.15) is 44.3 Å². The normalized spacial score (nSPS) is 22.1. The first-order valence-corrected chi connectivity index (χ1v) is 9.03. The lowest BCUT2D eigenvalue weighted by Crippen LogP contribution is -2.44. The van der Waals surface area contributed by atoms with E-state index >= 15 is 0 Å². The second-order valence-corrected chi connectivity index (χ2v) is 7.24. The lowest BCUT2D eigenvalue weighted by molar-refractivity contribution is -0.138. The van der Waals surface area contributed by atoms with Gasteiger partial charge in [-0.3, -0.25) is 9.36 Å². The number of amides is 1. The smallest absolute Gasteiger partial charge is 0.341 e. The Labute approximate surface area is 145 Å². The minimum atomic E-state index is -0.265. The number of likely N-dealkylation sites (tertiary alicyclic amines) is 1. The van der Waals surface area contributed by atoms with Gasteiger partial charge in [-0.25, -0.2) is 14.9 Å². The molecule has 2 aliphatic rings. The molecule has 2 aromatic rings. The van der Waals surface area contributed by atoms with Crippen molar-refractivity contribution in [2.24, 2.45) is 5.41 Å². The van der Waals surface area contributed by atoms with Crippen molar-refractivity contribution in [3.05, 3.63) is 35.0 Å². The van der Waals surface area contributed by atoms with Gasteiger partial charge in [0.15, 0.2) is 0 Å². The number of carbonyl (C=O) groups is 1. The molecule has 8 heteroatoms. The van der Waals surface area contributed by atoms with Gasteiger partial charge >= 0.3 is 5.69 Å². The first-order valence-electron chi connectivity index (χ1n) is 9.03. The number of imidazole rings is 1. The van der Waals surface area contributed by atoms with E-state index < -0.39 is 0 Å². The molecule has 1 unspecified atom stereocenters. The molecule has 1 N–H and O–H groups in total. The Hall–Kier alpha value is -2.38. The number of nitrogens with zero attached hydrogens (tertiary/aromatic N) is 5. The van der Waals surface area contributed by atoms with Gasteiger partial charge in [-0.2, -0.15) is 5.10 Å². The summed E-state index contributed by atoms with van der Waals surface area (Å²) >= 11 is 0. The molecule has 134 valence electrons. The lowest BCUT2D eigenvalue weighted by Gasteiger charge is -2.35. The molecular weight excluding hydrogens is 320 g/mol. The van der Waals surface area contributed by atoms with Crippen LogP contribution < -0.4 is 5.69 Å². The van der Waals surface area contributed by atoms with E-state index in [1.54, 1.807) is 17.1 Å². The molecule has 1 atom stereocenters. The monoisotopic (exact) mass is 344 g/mol. The molecule has 2 fully saturated rings. The second kappa shape index (κ2) is 6.16. The molecule has 1 saturated heterocycles. The van der Waals surface area contributed by atoms with Gasteiger partial charge in [0.05, 0.1) is 11.7 Å². The molecular formula is C17H24N6O2. The Kier molecular flexibility index (Phi) is 3.97. The van der Waals surface area contributed by atoms with Crippen LogP contribution in [-0.2, 0) is 17.9 Å². The molecule has 8 nitrogen and oxygen atoms in total. The van der Waals surface area contributed by atoms with E-state index in [1.165, 1.54) is 0 Å². The Balaban J connectivity index is 1.49. The quantitative estimate of drug-likeness (QED) is 0.875. The average Bonchev–Trinajstić information content (AvgIpc) is 3.04. The van der Waals surface area contributed by atoms with E-state index in [-0.39, 0.29) is 22.9 Å². The van der Waals surface area contributed by atoms with Crippen molar-refractivity contribution >= 4 is 5.91 Å². The maximum Gasteiger partial charge on any atom is 0.343 e. The second-order valence-electron chi connectivity index (χ2n) is 7.24. The van der Waals surface area contributed by atoms with Gasteiger partial charge in [0.25, 0.3) is 0 Å². The number of aromatic nitrogens is 5. The van der Waals surface area contributed by atoms with Gasteiger partial charge < -0.3 is 9.47 Å². The number of carbonyl (C=O) groups excluding carboxylic acids is 1. The molecule has 4 rings (SSSR count). The zero-order chi connectivity index (χ0) is 17.4. The fourth-order valence-corrected chi connectivity index (χ4v) is 3.98. The molecule has 2 aromatic heterocycles. The summed E-state index contributed by atoms with van der Waals surface area (Å²) in [5.74, 6) is 1.15. The van der Waals surface area contributed by atoms with Crippen molar-refractivity contribution in [3.63, 3.8) is 0 Å². The molecule has 1 amide bonds. The largest absolute Gasteiger partial charge is 0.343 e. The standard InChI is InChI=1S/C17H24N6O2/c1-2-23-14(19-20-16(23)25)13-4-3-8-22(10-13)15(24)17(5-6-17)11-21-9-7-18-12-21/h7,9,12-13H,2-6,8,10-11H2,1H3,(H,20,25). The summed E-state index contributed by atoms with van der Waals surface area (Å²) in [6, 6.07) is 0. The molecule has 0 bridgehead atoms. The maximum absolute atomic E-state index is 13.1. The SMILES string of the molecule is CCn1c(C2CCCN(C(=O)C3(Cn4ccnc4)CC3)C2)n[nH]c1=O. The molecule has 1 aliphatic heterocycles. The van der Waals surface area contributed by atoms with Crippen molar-refractivity contribution in [2.75, 3.05) is 13.1 Å². The Morgan fingerprint density at radius 3 is 2.96 bits per heavy atom. The third kappa shape index (κ3) is 2.89. The van der Waals surface area contributed by atoms with Crippen molar-refractivity contribution in [2.45, 2.75) is 51.6 Å². The first kappa shape index (κ1) is 16.1. The Morgan fingerprint density at radius 2 is 2.28 bits per heavy atom. The number of piperidine rings is 1. The van der Waals surface area contributed by atoms with Gasteiger partial charge in [-0.1, -0.05) is 0 Å². The Morgan fingerprint density at radius 1 is 1.44 bits per heavy atom. The third-order valence-electron chi connectivity index (χ3n) is 5.53. The highest BCUT2D eigenvalue weighted by Gasteiger charge is 2.52. The van der Waals surface area contributed by atoms with E-state index in [4.69, 9.17) is 0 Å². The predicted molar refractivity (Wildman–Crippen MR) is 91.0 cm³/mol. The predicted octanol–water partition coefficient (Wildman–Crippen LogP) is 0.974. The molecule has 1 aliphatic carbocycles. The highest BCUT2D eigenvalue weighted by Crippen LogP contribution is 2.49. The lowest BCUT2D eigenvalue weighted by atomic mass is 9.94. The summed E-state index contributed by atoms with van der Waals surface area (Å²) in [7, 11) is 0. The van der Waals surface area contributed by atoms with E-state index in [9.17, 15) is 9.59 Å². The molecule has 0 spiro atoms. The van der Waals surface area contributed by atoms with Gasteiger partial charge in [0.2, 0.25) is 5.91 Å². The van der Waals surface area contributed by atoms with Crippen LogP contribution >= 0.6 is 0 Å². The summed E-state index contributed by atoms with van der Waals surface area (Å²) in [5, 5.41) is 6.76. The third-order valence-corrected chi connectivity index (χ3v) is 5.53. The summed E-state index contributed by atoms with van der Waals surface area (Å²) in [5.41, 5.74) is -0.432. The highest BCUT2D eigenvalue weighted by molar-refractivity contribution is 5.85. The number of aromatic amines is 1. The molecule has 25 heavy (non-hydrogen) atoms. The fourth-order valence-electron chi connectivity index (χ4n) is 3.98. The van der Waals surface area contributed by atoms with Crippen LogP contribution in [0.15, 0.2) is 23.5 Å². The van der Waals surface area contributed by atoms with Crippen molar-refractivity contribution in [3.8, 4) is 0 Å². The van der Waals surface area contributed by atoms with Crippen LogP contribution in [0.2, 0.25) is 0 Å². The number of hydrogen-bond acceptors (Lipinski definition) is 4. The van der Waals surface area contributed by atoms with Crippen molar-refractivity contribution in [1.29, 1.82) is 0 Å². The van der Waals surface area contributed by atoms with Crippen LogP contribution in [0.4, 0.5) is 0 Å². The topological polar surface area (TPSA) is 88.8 Å². The molecule has 3 heterocycles. The van der Waals surface area contributed by atoms with Crippen LogP contribution in [0, 0.1) is 5.41 Å². The summed E-state index contributed by atoms with van der Waals surface area (Å²) in [4.78, 5) is 31.0. The molecule has 0 radical (unpaired) electrons. The Bertz CT molecular complexity index is 801. The van der Waals surface area contributed by atoms with Crippen LogP contribution in [-0.4, -0.2) is 48.2 Å². The van der Waals surface area contributed by atoms with E-state index in [1.807, 2.05) is 22.6 Å². The summed E-state index contributed by atoms with van der Waals surface area (Å²) in [6.07, 6.45) is 9.22. The first-order chi connectivity index (χ1) is 12.1. The zero-order valence-corrected chi connectivity index (χ0v) is 14.5. The average molecular weight is 344 g/mol. The van der Waals surface area contributed by atoms with Gasteiger partial charge in [0, 0.05) is 44.5 Å². The van der Waals surface area contributed by atoms with Gasteiger partial charge in [-0.15, -0.1) is 0 Å². The van der Waals surface area contributed by atoms with E-state index in [0.29, 0.717) is 19.6 Å². The van der Waals surface area contributed by atoms with Gasteiger partial charge in [0.1, 0.15) is 5.82 Å². The molecule has 1 saturated carbocycles. The number of hydrogen-bond donors (Lipinski definition) is 1. The zero-order valence-electron chi connectivity index (χ0n) is 14.5. The van der Waals surface area contributed by atoms with Gasteiger partial charge in [-0.05, 0) is 32.6 Å². The van der Waals surface area contributed by atoms with Crippen LogP contribution in [0.3, 0.4) is 0 Å². The van der Waals surface area contributed by atoms with E-state index in [2.05, 4.69) is 15.2 Å². The van der Waals surface area contributed by atoms with E-state index in [0.717, 1.165) is 38.1 Å². The maximum atomic E-state index is 13.1. The fraction of sp³-hybridized carbons (Fsp3) is 0.647. The van der Waals surface area contributed by atoms with Crippen molar-refractivity contribution in [1.82, 2.24) is 29.2 Å². The minimum absolute atomic E-state index is 0.126. The number of rotatable bonds is 5. The van der Waals surface area contributed by atoms with Crippen molar-refractivity contribution < 1.29 is 4.79 Å². The number of nitrogens with one attached hydrogen (secondary N) is 1. The minimum Gasteiger partial charge on any atom is -0.341 e. The number of H-pyrrole nitrogens is 1. The molecule has 0 aromatic carbocycles.